The summed E-state index contributed by atoms with van der Waals surface area (Å²) in [4.78, 5) is 15.6. The molecule has 0 fully saturated rings. The topological polar surface area (TPSA) is 83.8 Å². The van der Waals surface area contributed by atoms with Crippen LogP contribution in [0.15, 0.2) is 41.6 Å². The zero-order chi connectivity index (χ0) is 15.2. The lowest BCUT2D eigenvalue weighted by atomic mass is 10.2. The Morgan fingerprint density at radius 3 is 2.95 bits per heavy atom. The Bertz CT molecular complexity index is 689. The van der Waals surface area contributed by atoms with E-state index in [1.165, 1.54) is 31.7 Å². The molecule has 1 aromatic carbocycles. The van der Waals surface area contributed by atoms with E-state index >= 15 is 0 Å². The van der Waals surface area contributed by atoms with Crippen LogP contribution in [0.2, 0.25) is 5.02 Å². The molecular formula is C14H12ClN3O3. The third kappa shape index (κ3) is 3.93. The van der Waals surface area contributed by atoms with Crippen molar-refractivity contribution in [2.45, 2.75) is 0 Å². The fourth-order valence-corrected chi connectivity index (χ4v) is 1.67. The molecule has 0 saturated heterocycles. The average Bonchev–Trinajstić information content (AvgIpc) is 2.49. The molecule has 6 nitrogen and oxygen atoms in total. The van der Waals surface area contributed by atoms with Crippen molar-refractivity contribution in [3.05, 3.63) is 52.8 Å². The molecule has 0 bridgehead atoms. The Labute approximate surface area is 126 Å². The van der Waals surface area contributed by atoms with E-state index in [9.17, 15) is 9.90 Å². The number of rotatable bonds is 4. The van der Waals surface area contributed by atoms with Crippen molar-refractivity contribution >= 4 is 23.7 Å². The number of hydrogen-bond donors (Lipinski definition) is 2. The van der Waals surface area contributed by atoms with Gasteiger partial charge in [-0.15, -0.1) is 0 Å². The van der Waals surface area contributed by atoms with Crippen molar-refractivity contribution in [3.8, 4) is 11.5 Å². The van der Waals surface area contributed by atoms with Gasteiger partial charge in [-0.25, -0.2) is 5.43 Å². The third-order valence-electron chi connectivity index (χ3n) is 2.56. The van der Waals surface area contributed by atoms with E-state index < -0.39 is 5.91 Å². The first-order chi connectivity index (χ1) is 10.1. The van der Waals surface area contributed by atoms with Crippen LogP contribution in [0, 0.1) is 0 Å². The van der Waals surface area contributed by atoms with E-state index in [1.54, 1.807) is 18.2 Å². The molecule has 1 heterocycles. The lowest BCUT2D eigenvalue weighted by Crippen LogP contribution is -2.18. The maximum Gasteiger partial charge on any atom is 0.289 e. The van der Waals surface area contributed by atoms with Crippen LogP contribution in [-0.4, -0.2) is 29.3 Å². The van der Waals surface area contributed by atoms with Gasteiger partial charge < -0.3 is 9.84 Å². The summed E-state index contributed by atoms with van der Waals surface area (Å²) in [6, 6.07) is 7.66. The smallest absolute Gasteiger partial charge is 0.289 e. The van der Waals surface area contributed by atoms with Gasteiger partial charge in [0.15, 0.2) is 0 Å². The maximum atomic E-state index is 11.8. The zero-order valence-corrected chi connectivity index (χ0v) is 11.8. The van der Waals surface area contributed by atoms with Crippen molar-refractivity contribution in [2.75, 3.05) is 7.11 Å². The summed E-state index contributed by atoms with van der Waals surface area (Å²) in [7, 11) is 1.51. The van der Waals surface area contributed by atoms with E-state index in [0.29, 0.717) is 16.3 Å². The lowest BCUT2D eigenvalue weighted by Gasteiger charge is -2.03. The quantitative estimate of drug-likeness (QED) is 0.670. The minimum Gasteiger partial charge on any atom is -0.507 e. The second-order valence-electron chi connectivity index (χ2n) is 3.98. The Hall–Kier alpha value is -2.60. The highest BCUT2D eigenvalue weighted by Gasteiger charge is 2.06. The molecule has 2 rings (SSSR count). The molecule has 0 saturated carbocycles. The minimum atomic E-state index is -0.504. The van der Waals surface area contributed by atoms with Crippen LogP contribution in [0.4, 0.5) is 0 Å². The molecule has 0 atom stereocenters. The van der Waals surface area contributed by atoms with Crippen LogP contribution in [0.3, 0.4) is 0 Å². The van der Waals surface area contributed by atoms with Gasteiger partial charge in [0.2, 0.25) is 0 Å². The number of amides is 1. The summed E-state index contributed by atoms with van der Waals surface area (Å²) in [5.41, 5.74) is 2.86. The number of phenolic OH excluding ortho intramolecular Hbond substituents is 1. The maximum absolute atomic E-state index is 11.8. The van der Waals surface area contributed by atoms with E-state index in [4.69, 9.17) is 16.3 Å². The molecular weight excluding hydrogens is 294 g/mol. The van der Waals surface area contributed by atoms with Crippen molar-refractivity contribution in [2.24, 2.45) is 5.10 Å². The summed E-state index contributed by atoms with van der Waals surface area (Å²) >= 11 is 5.77. The summed E-state index contributed by atoms with van der Waals surface area (Å²) in [5, 5.41) is 13.8. The van der Waals surface area contributed by atoms with Crippen molar-refractivity contribution in [1.29, 1.82) is 0 Å². The predicted octanol–water partition coefficient (Wildman–Crippen LogP) is 2.21. The molecule has 0 spiro atoms. The standard InChI is InChI=1S/C14H12ClN3O3/c1-21-11-2-3-13(19)9(6-11)8-17-18-14(20)12-7-10(15)4-5-16-12/h2-8,19H,1H3,(H,18,20). The van der Waals surface area contributed by atoms with Crippen molar-refractivity contribution in [1.82, 2.24) is 10.4 Å². The number of phenols is 1. The molecule has 2 N–H and O–H groups in total. The number of aromatic hydroxyl groups is 1. The van der Waals surface area contributed by atoms with Gasteiger partial charge in [0.1, 0.15) is 17.2 Å². The predicted molar refractivity (Wildman–Crippen MR) is 79.0 cm³/mol. The largest absolute Gasteiger partial charge is 0.507 e. The van der Waals surface area contributed by atoms with Gasteiger partial charge in [0.05, 0.1) is 13.3 Å². The van der Waals surface area contributed by atoms with E-state index in [0.717, 1.165) is 0 Å². The van der Waals surface area contributed by atoms with Crippen molar-refractivity contribution in [3.63, 3.8) is 0 Å². The first-order valence-corrected chi connectivity index (χ1v) is 6.30. The molecule has 1 aromatic heterocycles. The van der Waals surface area contributed by atoms with Crippen LogP contribution < -0.4 is 10.2 Å². The molecule has 0 unspecified atom stereocenters. The minimum absolute atomic E-state index is 0.0229. The molecule has 0 aliphatic heterocycles. The highest BCUT2D eigenvalue weighted by atomic mass is 35.5. The van der Waals surface area contributed by atoms with Crippen LogP contribution in [-0.2, 0) is 0 Å². The Morgan fingerprint density at radius 2 is 2.24 bits per heavy atom. The lowest BCUT2D eigenvalue weighted by molar-refractivity contribution is 0.0950. The number of nitrogens with zero attached hydrogens (tertiary/aromatic N) is 2. The Morgan fingerprint density at radius 1 is 1.43 bits per heavy atom. The van der Waals surface area contributed by atoms with Crippen LogP contribution in [0.1, 0.15) is 16.1 Å². The van der Waals surface area contributed by atoms with E-state index in [1.807, 2.05) is 0 Å². The Kier molecular flexibility index (Phi) is 4.73. The van der Waals surface area contributed by atoms with Gasteiger partial charge >= 0.3 is 0 Å². The fourth-order valence-electron chi connectivity index (χ4n) is 1.51. The van der Waals surface area contributed by atoms with Gasteiger partial charge in [-0.2, -0.15) is 5.10 Å². The Balaban J connectivity index is 2.07. The summed E-state index contributed by atoms with van der Waals surface area (Å²) in [5.74, 6) is 0.0860. The van der Waals surface area contributed by atoms with E-state index in [-0.39, 0.29) is 11.4 Å². The molecule has 0 aliphatic rings. The molecule has 0 radical (unpaired) electrons. The number of nitrogens with one attached hydrogen (secondary N) is 1. The van der Waals surface area contributed by atoms with Crippen molar-refractivity contribution < 1.29 is 14.6 Å². The SMILES string of the molecule is COc1ccc(O)c(C=NNC(=O)c2cc(Cl)ccn2)c1. The first-order valence-electron chi connectivity index (χ1n) is 5.92. The molecule has 21 heavy (non-hydrogen) atoms. The second-order valence-corrected chi connectivity index (χ2v) is 4.42. The zero-order valence-electron chi connectivity index (χ0n) is 11.1. The van der Waals surface area contributed by atoms with Crippen LogP contribution in [0.25, 0.3) is 0 Å². The van der Waals surface area contributed by atoms with Gasteiger partial charge in [-0.3, -0.25) is 9.78 Å². The third-order valence-corrected chi connectivity index (χ3v) is 2.79. The highest BCUT2D eigenvalue weighted by molar-refractivity contribution is 6.30. The number of pyridine rings is 1. The van der Waals surface area contributed by atoms with Gasteiger partial charge in [-0.1, -0.05) is 11.6 Å². The molecule has 108 valence electrons. The van der Waals surface area contributed by atoms with Gasteiger partial charge in [0.25, 0.3) is 5.91 Å². The fraction of sp³-hybridized carbons (Fsp3) is 0.0714. The number of benzene rings is 1. The summed E-state index contributed by atoms with van der Waals surface area (Å²) in [6.45, 7) is 0. The van der Waals surface area contributed by atoms with Crippen LogP contribution in [0.5, 0.6) is 11.5 Å². The first kappa shape index (κ1) is 14.8. The second kappa shape index (κ2) is 6.71. The number of methoxy groups -OCH3 is 1. The average molecular weight is 306 g/mol. The van der Waals surface area contributed by atoms with Gasteiger partial charge in [0, 0.05) is 16.8 Å². The molecule has 1 amide bonds. The number of halogens is 1. The number of hydrazone groups is 1. The number of ether oxygens (including phenoxy) is 1. The number of carbonyl (C=O) groups excluding carboxylic acids is 1. The van der Waals surface area contributed by atoms with Gasteiger partial charge in [-0.05, 0) is 30.3 Å². The molecule has 0 aliphatic carbocycles. The van der Waals surface area contributed by atoms with E-state index in [2.05, 4.69) is 15.5 Å². The number of carbonyl (C=O) groups is 1. The summed E-state index contributed by atoms with van der Waals surface area (Å²) < 4.78 is 5.03. The number of aromatic nitrogens is 1. The van der Waals surface area contributed by atoms with Crippen LogP contribution >= 0.6 is 11.6 Å². The summed E-state index contributed by atoms with van der Waals surface area (Å²) in [6.07, 6.45) is 2.73. The monoisotopic (exact) mass is 305 g/mol. The molecule has 7 heteroatoms. The molecule has 2 aromatic rings. The number of hydrogen-bond acceptors (Lipinski definition) is 5. The highest BCUT2D eigenvalue weighted by Crippen LogP contribution is 2.20. The normalized spacial score (nSPS) is 10.6.